The number of halogens is 2. The Labute approximate surface area is 95.8 Å². The van der Waals surface area contributed by atoms with Crippen molar-refractivity contribution in [3.63, 3.8) is 0 Å². The normalized spacial score (nSPS) is 19.6. The molecule has 84 valence electrons. The van der Waals surface area contributed by atoms with Gasteiger partial charge in [-0.15, -0.1) is 0 Å². The van der Waals surface area contributed by atoms with E-state index in [0.29, 0.717) is 0 Å². The summed E-state index contributed by atoms with van der Waals surface area (Å²) in [7, 11) is 0. The van der Waals surface area contributed by atoms with Crippen molar-refractivity contribution in [2.75, 3.05) is 5.32 Å². The van der Waals surface area contributed by atoms with E-state index in [2.05, 4.69) is 10.6 Å². The second-order valence-electron chi connectivity index (χ2n) is 3.47. The Morgan fingerprint density at radius 1 is 1.38 bits per heavy atom. The van der Waals surface area contributed by atoms with E-state index in [9.17, 15) is 14.0 Å². The van der Waals surface area contributed by atoms with Crippen LogP contribution in [-0.2, 0) is 4.79 Å². The minimum absolute atomic E-state index is 0.0218. The number of rotatable bonds is 0. The van der Waals surface area contributed by atoms with Crippen molar-refractivity contribution in [2.45, 2.75) is 13.0 Å². The summed E-state index contributed by atoms with van der Waals surface area (Å²) in [6, 6.07) is 1.69. The highest BCUT2D eigenvalue weighted by Gasteiger charge is 2.27. The lowest BCUT2D eigenvalue weighted by Gasteiger charge is -2.08. The van der Waals surface area contributed by atoms with E-state index in [4.69, 9.17) is 11.6 Å². The van der Waals surface area contributed by atoms with Gasteiger partial charge in [0.25, 0.3) is 5.91 Å². The summed E-state index contributed by atoms with van der Waals surface area (Å²) in [5.41, 5.74) is 0.178. The number of carbonyl (C=O) groups excluding carboxylic acids is 2. The molecule has 6 heteroatoms. The number of nitrogens with one attached hydrogen (secondary N) is 2. The molecular weight excluding hydrogens is 235 g/mol. The highest BCUT2D eigenvalue weighted by Crippen LogP contribution is 2.30. The molecular formula is C10H8ClFN2O2. The molecule has 2 rings (SSSR count). The van der Waals surface area contributed by atoms with Crippen molar-refractivity contribution in [2.24, 2.45) is 0 Å². The summed E-state index contributed by atoms with van der Waals surface area (Å²) in [5, 5.41) is 4.63. The molecule has 1 aliphatic heterocycles. The first-order valence-electron chi connectivity index (χ1n) is 4.60. The molecule has 2 amide bonds. The highest BCUT2D eigenvalue weighted by atomic mass is 35.5. The van der Waals surface area contributed by atoms with Gasteiger partial charge in [0.1, 0.15) is 16.9 Å². The summed E-state index contributed by atoms with van der Waals surface area (Å²) in [6.07, 6.45) is 0. The zero-order chi connectivity index (χ0) is 11.9. The van der Waals surface area contributed by atoms with Crippen molar-refractivity contribution >= 4 is 29.1 Å². The molecule has 0 spiro atoms. The van der Waals surface area contributed by atoms with Gasteiger partial charge in [0.15, 0.2) is 0 Å². The molecule has 16 heavy (non-hydrogen) atoms. The quantitative estimate of drug-likeness (QED) is 0.725. The molecule has 1 unspecified atom stereocenters. The van der Waals surface area contributed by atoms with Crippen LogP contribution in [0.4, 0.5) is 10.1 Å². The molecule has 0 bridgehead atoms. The molecule has 2 N–H and O–H groups in total. The van der Waals surface area contributed by atoms with Crippen LogP contribution in [0.2, 0.25) is 5.02 Å². The van der Waals surface area contributed by atoms with E-state index in [-0.39, 0.29) is 16.3 Å². The maximum Gasteiger partial charge on any atom is 0.254 e. The third kappa shape index (κ3) is 1.63. The van der Waals surface area contributed by atoms with Crippen molar-refractivity contribution in [3.8, 4) is 0 Å². The molecule has 0 saturated carbocycles. The third-order valence-corrected chi connectivity index (χ3v) is 2.70. The Hall–Kier alpha value is -1.62. The van der Waals surface area contributed by atoms with Gasteiger partial charge in [-0.05, 0) is 19.1 Å². The van der Waals surface area contributed by atoms with Gasteiger partial charge in [-0.1, -0.05) is 11.6 Å². The standard InChI is InChI=1S/C10H8ClFN2O2/c1-4-9(15)14-8-5(10(16)13-4)2-3-6(12)7(8)11/h2-4H,1H3,(H,13,16)(H,14,15). The van der Waals surface area contributed by atoms with Gasteiger partial charge >= 0.3 is 0 Å². The molecule has 0 saturated heterocycles. The molecule has 0 aliphatic carbocycles. The van der Waals surface area contributed by atoms with E-state index >= 15 is 0 Å². The first-order chi connectivity index (χ1) is 7.50. The number of hydrogen-bond acceptors (Lipinski definition) is 2. The van der Waals surface area contributed by atoms with E-state index in [1.165, 1.54) is 13.0 Å². The second kappa shape index (κ2) is 3.75. The minimum Gasteiger partial charge on any atom is -0.340 e. The topological polar surface area (TPSA) is 58.2 Å². The lowest BCUT2D eigenvalue weighted by Crippen LogP contribution is -2.38. The van der Waals surface area contributed by atoms with Gasteiger partial charge in [-0.2, -0.15) is 0 Å². The van der Waals surface area contributed by atoms with Crippen molar-refractivity contribution in [1.29, 1.82) is 0 Å². The van der Waals surface area contributed by atoms with Crippen LogP contribution >= 0.6 is 11.6 Å². The summed E-state index contributed by atoms with van der Waals surface area (Å²) >= 11 is 5.69. The average Bonchev–Trinajstić information content (AvgIpc) is 2.33. The maximum absolute atomic E-state index is 13.2. The van der Waals surface area contributed by atoms with Crippen LogP contribution in [0.25, 0.3) is 0 Å². The first kappa shape index (κ1) is 10.9. The van der Waals surface area contributed by atoms with Gasteiger partial charge in [-0.25, -0.2) is 4.39 Å². The molecule has 0 aromatic heterocycles. The Kier molecular flexibility index (Phi) is 2.55. The van der Waals surface area contributed by atoms with Crippen LogP contribution in [-0.4, -0.2) is 17.9 Å². The van der Waals surface area contributed by atoms with Crippen LogP contribution in [0.15, 0.2) is 12.1 Å². The van der Waals surface area contributed by atoms with Crippen LogP contribution in [0.5, 0.6) is 0 Å². The highest BCUT2D eigenvalue weighted by molar-refractivity contribution is 6.35. The van der Waals surface area contributed by atoms with Crippen LogP contribution in [0.1, 0.15) is 17.3 Å². The maximum atomic E-state index is 13.2. The minimum atomic E-state index is -0.681. The Bertz CT molecular complexity index is 490. The number of benzene rings is 1. The number of fused-ring (bicyclic) bond motifs is 1. The number of hydrogen-bond donors (Lipinski definition) is 2. The van der Waals surface area contributed by atoms with Gasteiger partial charge in [0.05, 0.1) is 11.3 Å². The Morgan fingerprint density at radius 2 is 2.06 bits per heavy atom. The summed E-state index contributed by atoms with van der Waals surface area (Å²) in [6.45, 7) is 1.53. The molecule has 1 heterocycles. The second-order valence-corrected chi connectivity index (χ2v) is 3.85. The largest absolute Gasteiger partial charge is 0.340 e. The third-order valence-electron chi connectivity index (χ3n) is 2.33. The van der Waals surface area contributed by atoms with E-state index in [1.54, 1.807) is 0 Å². The van der Waals surface area contributed by atoms with Crippen LogP contribution in [0, 0.1) is 5.82 Å². The zero-order valence-corrected chi connectivity index (χ0v) is 9.06. The lowest BCUT2D eigenvalue weighted by atomic mass is 10.1. The summed E-state index contributed by atoms with van der Waals surface area (Å²) in [4.78, 5) is 23.1. The fourth-order valence-electron chi connectivity index (χ4n) is 1.43. The van der Waals surface area contributed by atoms with Crippen molar-refractivity contribution in [3.05, 3.63) is 28.5 Å². The molecule has 1 aromatic rings. The average molecular weight is 243 g/mol. The molecule has 1 atom stereocenters. The van der Waals surface area contributed by atoms with Crippen molar-refractivity contribution in [1.82, 2.24) is 5.32 Å². The molecule has 4 nitrogen and oxygen atoms in total. The smallest absolute Gasteiger partial charge is 0.254 e. The molecule has 0 radical (unpaired) electrons. The monoisotopic (exact) mass is 242 g/mol. The molecule has 0 fully saturated rings. The number of anilines is 1. The summed E-state index contributed by atoms with van der Waals surface area (Å²) in [5.74, 6) is -1.56. The zero-order valence-electron chi connectivity index (χ0n) is 8.30. The Morgan fingerprint density at radius 3 is 2.75 bits per heavy atom. The predicted octanol–water partition coefficient (Wildman–Crippen LogP) is 1.55. The Balaban J connectivity index is 2.60. The fraction of sp³-hybridized carbons (Fsp3) is 0.200. The SMILES string of the molecule is CC1NC(=O)c2ccc(F)c(Cl)c2NC1=O. The molecule has 1 aliphatic rings. The molecule has 1 aromatic carbocycles. The number of amides is 2. The number of carbonyl (C=O) groups is 2. The van der Waals surface area contributed by atoms with Gasteiger partial charge in [-0.3, -0.25) is 9.59 Å². The van der Waals surface area contributed by atoms with E-state index in [0.717, 1.165) is 6.07 Å². The van der Waals surface area contributed by atoms with Crippen LogP contribution in [0.3, 0.4) is 0 Å². The van der Waals surface area contributed by atoms with Gasteiger partial charge in [0.2, 0.25) is 5.91 Å². The van der Waals surface area contributed by atoms with E-state index in [1.807, 2.05) is 0 Å². The summed E-state index contributed by atoms with van der Waals surface area (Å²) < 4.78 is 13.2. The predicted molar refractivity (Wildman–Crippen MR) is 57.0 cm³/mol. The lowest BCUT2D eigenvalue weighted by molar-refractivity contribution is -0.117. The first-order valence-corrected chi connectivity index (χ1v) is 4.98. The van der Waals surface area contributed by atoms with Gasteiger partial charge < -0.3 is 10.6 Å². The fourth-order valence-corrected chi connectivity index (χ4v) is 1.65. The van der Waals surface area contributed by atoms with Gasteiger partial charge in [0, 0.05) is 0 Å². The van der Waals surface area contributed by atoms with E-state index < -0.39 is 23.7 Å². The van der Waals surface area contributed by atoms with Crippen LogP contribution < -0.4 is 10.6 Å². The van der Waals surface area contributed by atoms with Crippen molar-refractivity contribution < 1.29 is 14.0 Å².